The van der Waals surface area contributed by atoms with Crippen molar-refractivity contribution in [2.24, 2.45) is 10.8 Å². The Morgan fingerprint density at radius 1 is 1.35 bits per heavy atom. The molecule has 1 rings (SSSR count). The number of hydrogen-bond donors (Lipinski definition) is 2. The van der Waals surface area contributed by atoms with Crippen LogP contribution in [0.15, 0.2) is 29.3 Å². The highest BCUT2D eigenvalue weighted by atomic mass is 19.3. The Hall–Kier alpha value is -1.69. The molecule has 94 valence electrons. The lowest BCUT2D eigenvalue weighted by atomic mass is 10.2. The van der Waals surface area contributed by atoms with Gasteiger partial charge in [-0.05, 0) is 26.0 Å². The molecule has 0 aliphatic rings. The summed E-state index contributed by atoms with van der Waals surface area (Å²) >= 11 is 0. The topological polar surface area (TPSA) is 59.6 Å². The second-order valence-electron chi connectivity index (χ2n) is 3.59. The van der Waals surface area contributed by atoms with E-state index in [1.54, 1.807) is 18.2 Å². The highest BCUT2D eigenvalue weighted by Crippen LogP contribution is 2.20. The first-order valence-corrected chi connectivity index (χ1v) is 5.13. The van der Waals surface area contributed by atoms with E-state index in [2.05, 4.69) is 15.2 Å². The molecule has 0 heterocycles. The van der Waals surface area contributed by atoms with Crippen LogP contribution in [0.1, 0.15) is 19.4 Å². The molecular weight excluding hydrogens is 228 g/mol. The van der Waals surface area contributed by atoms with Gasteiger partial charge in [-0.15, -0.1) is 0 Å². The molecule has 0 aromatic heterocycles. The van der Waals surface area contributed by atoms with Gasteiger partial charge in [-0.3, -0.25) is 4.99 Å². The van der Waals surface area contributed by atoms with Gasteiger partial charge in [0.1, 0.15) is 11.6 Å². The van der Waals surface area contributed by atoms with Gasteiger partial charge in [0.2, 0.25) is 0 Å². The third-order valence-electron chi connectivity index (χ3n) is 1.88. The molecule has 1 aromatic carbocycles. The average Bonchev–Trinajstić information content (AvgIpc) is 2.26. The van der Waals surface area contributed by atoms with Gasteiger partial charge in [0.25, 0.3) is 0 Å². The number of halogens is 2. The van der Waals surface area contributed by atoms with Gasteiger partial charge in [0.15, 0.2) is 0 Å². The first-order chi connectivity index (χ1) is 8.04. The van der Waals surface area contributed by atoms with Crippen molar-refractivity contribution in [1.82, 2.24) is 5.43 Å². The molecule has 0 atom stereocenters. The van der Waals surface area contributed by atoms with Crippen LogP contribution < -0.4 is 16.0 Å². The van der Waals surface area contributed by atoms with E-state index >= 15 is 0 Å². The summed E-state index contributed by atoms with van der Waals surface area (Å²) in [6.45, 7) is 0.830. The summed E-state index contributed by atoms with van der Waals surface area (Å²) in [5.41, 5.74) is 2.79. The lowest BCUT2D eigenvalue weighted by Crippen LogP contribution is -2.32. The first kappa shape index (κ1) is 13.4. The standard InChI is InChI=1S/C11H15F2N3O/c1-7(2)15-10(16-14)8-5-3-4-6-9(8)17-11(12)13/h3-7,11H,14H2,1-2H3,(H,15,16). The number of aliphatic imine (C=N–C) groups is 1. The largest absolute Gasteiger partial charge is 0.434 e. The fourth-order valence-electron chi connectivity index (χ4n) is 1.30. The summed E-state index contributed by atoms with van der Waals surface area (Å²) in [6.07, 6.45) is 0. The highest BCUT2D eigenvalue weighted by molar-refractivity contribution is 6.00. The number of hydrazine groups is 1. The van der Waals surface area contributed by atoms with Crippen molar-refractivity contribution >= 4 is 5.84 Å². The molecular formula is C11H15F2N3O. The number of rotatable bonds is 4. The third kappa shape index (κ3) is 3.99. The molecule has 1 aromatic rings. The summed E-state index contributed by atoms with van der Waals surface area (Å²) in [4.78, 5) is 4.19. The second-order valence-corrected chi connectivity index (χ2v) is 3.59. The predicted octanol–water partition coefficient (Wildman–Crippen LogP) is 1.91. The van der Waals surface area contributed by atoms with E-state index in [-0.39, 0.29) is 11.8 Å². The van der Waals surface area contributed by atoms with E-state index in [1.165, 1.54) is 6.07 Å². The zero-order valence-corrected chi connectivity index (χ0v) is 9.65. The smallest absolute Gasteiger partial charge is 0.387 e. The van der Waals surface area contributed by atoms with Crippen LogP contribution in [-0.2, 0) is 0 Å². The number of nitrogens with zero attached hydrogens (tertiary/aromatic N) is 1. The molecule has 0 saturated heterocycles. The van der Waals surface area contributed by atoms with Gasteiger partial charge in [-0.1, -0.05) is 12.1 Å². The monoisotopic (exact) mass is 243 g/mol. The van der Waals surface area contributed by atoms with Crippen molar-refractivity contribution in [3.8, 4) is 5.75 Å². The van der Waals surface area contributed by atoms with Crippen molar-refractivity contribution in [1.29, 1.82) is 0 Å². The van der Waals surface area contributed by atoms with Gasteiger partial charge >= 0.3 is 6.61 Å². The maximum Gasteiger partial charge on any atom is 0.387 e. The van der Waals surface area contributed by atoms with Crippen LogP contribution in [0.2, 0.25) is 0 Å². The molecule has 0 amide bonds. The molecule has 3 N–H and O–H groups in total. The fraction of sp³-hybridized carbons (Fsp3) is 0.364. The van der Waals surface area contributed by atoms with Gasteiger partial charge in [0, 0.05) is 6.04 Å². The second kappa shape index (κ2) is 6.15. The summed E-state index contributed by atoms with van der Waals surface area (Å²) in [5, 5.41) is 0. The Bertz CT molecular complexity index is 394. The number of amidine groups is 1. The normalized spacial score (nSPS) is 12.1. The third-order valence-corrected chi connectivity index (χ3v) is 1.88. The molecule has 0 fully saturated rings. The molecule has 0 aliphatic heterocycles. The number of nitrogens with one attached hydrogen (secondary N) is 1. The Balaban J connectivity index is 3.10. The zero-order chi connectivity index (χ0) is 12.8. The summed E-state index contributed by atoms with van der Waals surface area (Å²) in [7, 11) is 0. The molecule has 4 nitrogen and oxygen atoms in total. The van der Waals surface area contributed by atoms with Crippen LogP contribution in [0.5, 0.6) is 5.75 Å². The minimum atomic E-state index is -2.88. The quantitative estimate of drug-likeness (QED) is 0.367. The van der Waals surface area contributed by atoms with Crippen LogP contribution in [0.25, 0.3) is 0 Å². The van der Waals surface area contributed by atoms with E-state index in [0.717, 1.165) is 0 Å². The highest BCUT2D eigenvalue weighted by Gasteiger charge is 2.13. The maximum atomic E-state index is 12.2. The zero-order valence-electron chi connectivity index (χ0n) is 9.65. The summed E-state index contributed by atoms with van der Waals surface area (Å²) in [5.74, 6) is 5.69. The minimum absolute atomic E-state index is 0.0133. The van der Waals surface area contributed by atoms with Crippen LogP contribution in [0.4, 0.5) is 8.78 Å². The van der Waals surface area contributed by atoms with Crippen molar-refractivity contribution < 1.29 is 13.5 Å². The Kier molecular flexibility index (Phi) is 4.84. The van der Waals surface area contributed by atoms with Crippen LogP contribution in [0, 0.1) is 0 Å². The first-order valence-electron chi connectivity index (χ1n) is 5.13. The molecule has 0 spiro atoms. The molecule has 17 heavy (non-hydrogen) atoms. The molecule has 0 radical (unpaired) electrons. The van der Waals surface area contributed by atoms with Crippen LogP contribution in [0.3, 0.4) is 0 Å². The lowest BCUT2D eigenvalue weighted by molar-refractivity contribution is -0.0499. The van der Waals surface area contributed by atoms with E-state index in [0.29, 0.717) is 11.4 Å². The number of para-hydroxylation sites is 1. The van der Waals surface area contributed by atoms with Crippen molar-refractivity contribution in [3.05, 3.63) is 29.8 Å². The average molecular weight is 243 g/mol. The fourth-order valence-corrected chi connectivity index (χ4v) is 1.30. The predicted molar refractivity (Wildman–Crippen MR) is 62.1 cm³/mol. The van der Waals surface area contributed by atoms with Crippen molar-refractivity contribution in [3.63, 3.8) is 0 Å². The lowest BCUT2D eigenvalue weighted by Gasteiger charge is -2.13. The van der Waals surface area contributed by atoms with Crippen molar-refractivity contribution in [2.45, 2.75) is 26.5 Å². The summed E-state index contributed by atoms with van der Waals surface area (Å²) in [6, 6.07) is 6.33. The maximum absolute atomic E-state index is 12.2. The number of alkyl halides is 2. The molecule has 0 unspecified atom stereocenters. The van der Waals surface area contributed by atoms with Gasteiger partial charge in [0.05, 0.1) is 5.56 Å². The van der Waals surface area contributed by atoms with Crippen LogP contribution >= 0.6 is 0 Å². The number of benzene rings is 1. The van der Waals surface area contributed by atoms with Gasteiger partial charge in [-0.25, -0.2) is 5.84 Å². The van der Waals surface area contributed by atoms with E-state index in [9.17, 15) is 8.78 Å². The summed E-state index contributed by atoms with van der Waals surface area (Å²) < 4.78 is 28.8. The van der Waals surface area contributed by atoms with E-state index in [1.807, 2.05) is 13.8 Å². The molecule has 0 aliphatic carbocycles. The SMILES string of the molecule is CC(C)N=C(NN)c1ccccc1OC(F)F. The molecule has 6 heteroatoms. The number of ether oxygens (including phenoxy) is 1. The number of nitrogens with two attached hydrogens (primary N) is 1. The molecule has 0 bridgehead atoms. The molecule has 0 saturated carbocycles. The van der Waals surface area contributed by atoms with Crippen LogP contribution in [-0.4, -0.2) is 18.5 Å². The van der Waals surface area contributed by atoms with Gasteiger partial charge < -0.3 is 10.2 Å². The van der Waals surface area contributed by atoms with Gasteiger partial charge in [-0.2, -0.15) is 8.78 Å². The number of hydrogen-bond acceptors (Lipinski definition) is 3. The Morgan fingerprint density at radius 3 is 2.53 bits per heavy atom. The van der Waals surface area contributed by atoms with E-state index in [4.69, 9.17) is 5.84 Å². The Labute approximate surface area is 98.5 Å². The Morgan fingerprint density at radius 2 is 2.00 bits per heavy atom. The minimum Gasteiger partial charge on any atom is -0.434 e. The van der Waals surface area contributed by atoms with Crippen molar-refractivity contribution in [2.75, 3.05) is 0 Å². The van der Waals surface area contributed by atoms with E-state index < -0.39 is 6.61 Å².